The average molecular weight is 410 g/mol. The second kappa shape index (κ2) is 7.28. The first-order chi connectivity index (χ1) is 15.1. The van der Waals surface area contributed by atoms with E-state index in [4.69, 9.17) is 0 Å². The van der Waals surface area contributed by atoms with Gasteiger partial charge in [0.25, 0.3) is 11.5 Å². The first-order valence-corrected chi connectivity index (χ1v) is 10.0. The van der Waals surface area contributed by atoms with E-state index in [1.807, 2.05) is 37.3 Å². The van der Waals surface area contributed by atoms with Crippen molar-refractivity contribution in [1.29, 1.82) is 0 Å². The van der Waals surface area contributed by atoms with Crippen LogP contribution in [0.25, 0.3) is 21.5 Å². The molecule has 7 heteroatoms. The molecule has 0 radical (unpaired) electrons. The number of carbonyl (C=O) groups is 2. The maximum atomic E-state index is 13.0. The summed E-state index contributed by atoms with van der Waals surface area (Å²) in [4.78, 5) is 38.5. The zero-order valence-electron chi connectivity index (χ0n) is 16.8. The lowest BCUT2D eigenvalue weighted by molar-refractivity contribution is 0.0949. The molecule has 0 atom stereocenters. The zero-order valence-corrected chi connectivity index (χ0v) is 16.8. The number of nitrogens with zero attached hydrogens (tertiary/aromatic N) is 3. The third kappa shape index (κ3) is 2.93. The quantitative estimate of drug-likeness (QED) is 0.523. The molecule has 1 aliphatic rings. The fourth-order valence-electron chi connectivity index (χ4n) is 4.01. The molecule has 0 bridgehead atoms. The van der Waals surface area contributed by atoms with Crippen LogP contribution in [0.2, 0.25) is 0 Å². The van der Waals surface area contributed by atoms with Gasteiger partial charge < -0.3 is 0 Å². The third-order valence-corrected chi connectivity index (χ3v) is 5.41. The summed E-state index contributed by atoms with van der Waals surface area (Å²) in [6.07, 6.45) is 0.700. The number of carbonyl (C=O) groups excluding carboxylic acids is 2. The molecular formula is C24H18N4O3. The molecule has 0 spiro atoms. The van der Waals surface area contributed by atoms with Gasteiger partial charge in [0.05, 0.1) is 5.39 Å². The van der Waals surface area contributed by atoms with E-state index < -0.39 is 5.91 Å². The summed E-state index contributed by atoms with van der Waals surface area (Å²) >= 11 is 0. The van der Waals surface area contributed by atoms with Gasteiger partial charge >= 0.3 is 0 Å². The van der Waals surface area contributed by atoms with Crippen LogP contribution in [0.15, 0.2) is 70.6 Å². The van der Waals surface area contributed by atoms with Crippen molar-refractivity contribution in [3.8, 4) is 0 Å². The van der Waals surface area contributed by atoms with Crippen LogP contribution in [-0.2, 0) is 6.54 Å². The molecule has 1 aliphatic carbocycles. The summed E-state index contributed by atoms with van der Waals surface area (Å²) < 4.78 is 1.29. The molecule has 3 aromatic carbocycles. The van der Waals surface area contributed by atoms with Crippen LogP contribution in [0.1, 0.15) is 39.8 Å². The Morgan fingerprint density at radius 2 is 1.68 bits per heavy atom. The van der Waals surface area contributed by atoms with Gasteiger partial charge in [0, 0.05) is 28.4 Å². The van der Waals surface area contributed by atoms with E-state index in [1.165, 1.54) is 4.68 Å². The van der Waals surface area contributed by atoms with Gasteiger partial charge in [-0.25, -0.2) is 10.1 Å². The van der Waals surface area contributed by atoms with E-state index in [2.05, 4.69) is 15.6 Å². The Morgan fingerprint density at radius 3 is 2.42 bits per heavy atom. The Kier molecular flexibility index (Phi) is 4.43. The highest BCUT2D eigenvalue weighted by molar-refractivity contribution is 6.59. The first-order valence-electron chi connectivity index (χ1n) is 10.0. The number of hydrazone groups is 1. The Morgan fingerprint density at radius 1 is 0.968 bits per heavy atom. The fraction of sp³-hybridized carbons (Fsp3) is 0.125. The van der Waals surface area contributed by atoms with Gasteiger partial charge in [0.15, 0.2) is 5.69 Å². The molecule has 0 saturated heterocycles. The maximum absolute atomic E-state index is 13.0. The van der Waals surface area contributed by atoms with Crippen molar-refractivity contribution in [3.05, 3.63) is 87.8 Å². The van der Waals surface area contributed by atoms with Crippen molar-refractivity contribution in [3.63, 3.8) is 0 Å². The SMILES string of the molecule is CCCn1nc(C(=O)N/N=C2\C(=O)c3cccc4cccc2c34)c2ccccc2c1=O. The largest absolute Gasteiger partial charge is 0.292 e. The number of nitrogens with one attached hydrogen (secondary N) is 1. The first kappa shape index (κ1) is 18.9. The Bertz CT molecular complexity index is 1480. The summed E-state index contributed by atoms with van der Waals surface area (Å²) in [5, 5.41) is 11.1. The molecule has 152 valence electrons. The summed E-state index contributed by atoms with van der Waals surface area (Å²) in [5.41, 5.74) is 3.77. The van der Waals surface area contributed by atoms with Crippen molar-refractivity contribution in [2.75, 3.05) is 0 Å². The van der Waals surface area contributed by atoms with Gasteiger partial charge in [-0.1, -0.05) is 61.5 Å². The molecular weight excluding hydrogens is 392 g/mol. The van der Waals surface area contributed by atoms with Gasteiger partial charge in [-0.05, 0) is 17.9 Å². The molecule has 31 heavy (non-hydrogen) atoms. The Labute approximate surface area is 177 Å². The van der Waals surface area contributed by atoms with E-state index in [1.54, 1.807) is 30.3 Å². The highest BCUT2D eigenvalue weighted by atomic mass is 16.2. The summed E-state index contributed by atoms with van der Waals surface area (Å²) in [5.74, 6) is -0.814. The number of aromatic nitrogens is 2. The van der Waals surface area contributed by atoms with E-state index in [0.29, 0.717) is 34.9 Å². The molecule has 1 amide bonds. The predicted octanol–water partition coefficient (Wildman–Crippen LogP) is 3.29. The number of fused-ring (bicyclic) bond motifs is 1. The zero-order chi connectivity index (χ0) is 21.5. The van der Waals surface area contributed by atoms with E-state index in [0.717, 1.165) is 10.8 Å². The lowest BCUT2D eigenvalue weighted by Crippen LogP contribution is -2.29. The van der Waals surface area contributed by atoms with Crippen LogP contribution in [0.4, 0.5) is 0 Å². The fourth-order valence-corrected chi connectivity index (χ4v) is 4.01. The second-order valence-electron chi connectivity index (χ2n) is 7.36. The van der Waals surface area contributed by atoms with Crippen molar-refractivity contribution in [2.24, 2.45) is 5.10 Å². The lowest BCUT2D eigenvalue weighted by Gasteiger charge is -2.09. The molecule has 1 heterocycles. The van der Waals surface area contributed by atoms with Crippen LogP contribution < -0.4 is 11.0 Å². The van der Waals surface area contributed by atoms with Gasteiger partial charge in [-0.3, -0.25) is 14.4 Å². The van der Waals surface area contributed by atoms with Gasteiger partial charge in [-0.2, -0.15) is 10.2 Å². The molecule has 5 rings (SSSR count). The molecule has 1 N–H and O–H groups in total. The second-order valence-corrected chi connectivity index (χ2v) is 7.36. The van der Waals surface area contributed by atoms with Crippen molar-refractivity contribution in [1.82, 2.24) is 15.2 Å². The van der Waals surface area contributed by atoms with E-state index in [9.17, 15) is 14.4 Å². The number of ketones is 1. The minimum Gasteiger partial charge on any atom is -0.287 e. The number of amides is 1. The van der Waals surface area contributed by atoms with E-state index in [-0.39, 0.29) is 22.7 Å². The van der Waals surface area contributed by atoms with Crippen molar-refractivity contribution >= 4 is 38.9 Å². The molecule has 7 nitrogen and oxygen atoms in total. The minimum absolute atomic E-state index is 0.0918. The topological polar surface area (TPSA) is 93.4 Å². The van der Waals surface area contributed by atoms with Gasteiger partial charge in [0.1, 0.15) is 5.71 Å². The molecule has 1 aromatic heterocycles. The van der Waals surface area contributed by atoms with Crippen LogP contribution in [-0.4, -0.2) is 27.2 Å². The van der Waals surface area contributed by atoms with Crippen LogP contribution in [0.3, 0.4) is 0 Å². The highest BCUT2D eigenvalue weighted by Crippen LogP contribution is 2.30. The number of hydrogen-bond acceptors (Lipinski definition) is 5. The molecule has 0 aliphatic heterocycles. The maximum Gasteiger partial charge on any atom is 0.292 e. The van der Waals surface area contributed by atoms with E-state index >= 15 is 0 Å². The predicted molar refractivity (Wildman–Crippen MR) is 119 cm³/mol. The Balaban J connectivity index is 1.57. The van der Waals surface area contributed by atoms with Gasteiger partial charge in [0.2, 0.25) is 5.78 Å². The number of Topliss-reactive ketones (excluding diaryl/α,β-unsaturated/α-hetero) is 1. The number of benzene rings is 3. The molecule has 0 fully saturated rings. The molecule has 4 aromatic rings. The Hall–Kier alpha value is -4.13. The summed E-state index contributed by atoms with van der Waals surface area (Å²) in [6.45, 7) is 2.33. The summed E-state index contributed by atoms with van der Waals surface area (Å²) in [6, 6.07) is 18.0. The minimum atomic E-state index is -0.579. The third-order valence-electron chi connectivity index (χ3n) is 5.41. The lowest BCUT2D eigenvalue weighted by atomic mass is 10.1. The van der Waals surface area contributed by atoms with Gasteiger partial charge in [-0.15, -0.1) is 0 Å². The van der Waals surface area contributed by atoms with Crippen LogP contribution in [0.5, 0.6) is 0 Å². The van der Waals surface area contributed by atoms with Crippen molar-refractivity contribution < 1.29 is 9.59 Å². The number of aryl methyl sites for hydroxylation is 1. The molecule has 0 unspecified atom stereocenters. The average Bonchev–Trinajstić information content (AvgIpc) is 3.07. The highest BCUT2D eigenvalue weighted by Gasteiger charge is 2.29. The number of hydrogen-bond donors (Lipinski definition) is 1. The monoisotopic (exact) mass is 410 g/mol. The summed E-state index contributed by atoms with van der Waals surface area (Å²) in [7, 11) is 0. The van der Waals surface area contributed by atoms with Crippen molar-refractivity contribution in [2.45, 2.75) is 19.9 Å². The normalized spacial score (nSPS) is 14.0. The van der Waals surface area contributed by atoms with Crippen LogP contribution in [0, 0.1) is 0 Å². The molecule has 0 saturated carbocycles. The number of rotatable bonds is 4. The smallest absolute Gasteiger partial charge is 0.287 e. The standard InChI is InChI=1S/C24H18N4O3/c1-2-13-28-24(31)16-10-4-3-9-15(16)21(27-28)23(30)26-25-20-17-11-5-7-14-8-6-12-18(19(14)17)22(20)29/h3-12H,2,13H2,1H3,(H,26,30)/b25-20-. The van der Waals surface area contributed by atoms with Crippen LogP contribution >= 0.6 is 0 Å².